The minimum Gasteiger partial charge on any atom is -0.483 e. The summed E-state index contributed by atoms with van der Waals surface area (Å²) in [5, 5.41) is 14.8. The Balaban J connectivity index is -0.00000000879. The summed E-state index contributed by atoms with van der Waals surface area (Å²) in [4.78, 5) is 34.2. The maximum absolute atomic E-state index is 9.60. The second kappa shape index (κ2) is 55.8. The summed E-state index contributed by atoms with van der Waals surface area (Å²) in [5.41, 5.74) is 0. The number of carboxylic acids is 1. The highest BCUT2D eigenvalue weighted by molar-refractivity contribution is 5.66. The second-order valence-electron chi connectivity index (χ2n) is 1.33. The Bertz CT molecular complexity index is 149. The number of hydrogen-bond donors (Lipinski definition) is 2. The van der Waals surface area contributed by atoms with Crippen molar-refractivity contribution in [3.63, 3.8) is 0 Å². The lowest BCUT2D eigenvalue weighted by molar-refractivity contribution is -0.191. The Morgan fingerprint density at radius 2 is 1.53 bits per heavy atom. The van der Waals surface area contributed by atoms with Gasteiger partial charge in [0.2, 0.25) is 0 Å². The molecule has 0 saturated carbocycles. The third kappa shape index (κ3) is 753. The predicted molar refractivity (Wildman–Crippen MR) is 62.8 cm³/mol. The van der Waals surface area contributed by atoms with Crippen LogP contribution in [0.25, 0.3) is 0 Å². The van der Waals surface area contributed by atoms with Crippen LogP contribution in [0.3, 0.4) is 0 Å². The maximum Gasteiger partial charge on any atom is 0.373 e. The van der Waals surface area contributed by atoms with Gasteiger partial charge in [-0.3, -0.25) is 9.59 Å². The summed E-state index contributed by atoms with van der Waals surface area (Å²) in [7, 11) is 0. The fraction of sp³-hybridized carbons (Fsp3) is 0.667. The van der Waals surface area contributed by atoms with E-state index in [0.717, 1.165) is 6.42 Å². The first kappa shape index (κ1) is 37.7. The van der Waals surface area contributed by atoms with Gasteiger partial charge in [0, 0.05) is 10.7 Å². The fourth-order valence-corrected chi connectivity index (χ4v) is 0.214. The van der Waals surface area contributed by atoms with Crippen LogP contribution in [0.4, 0.5) is 0 Å². The van der Waals surface area contributed by atoms with Crippen LogP contribution < -0.4 is 0 Å². The SMILES string of the molecule is C.C.C.CCCC(=O)O.O=C=O.O=CO.[HH].[HH].[HH]. The van der Waals surface area contributed by atoms with Crippen LogP contribution in [0.5, 0.6) is 0 Å². The van der Waals surface area contributed by atoms with E-state index in [1.54, 1.807) is 0 Å². The zero-order chi connectivity index (χ0) is 10.4. The van der Waals surface area contributed by atoms with E-state index < -0.39 is 5.97 Å². The molecular formula is C9H28O6. The van der Waals surface area contributed by atoms with Gasteiger partial charge in [-0.15, -0.1) is 0 Å². The first-order valence-electron chi connectivity index (χ1n) is 2.89. The van der Waals surface area contributed by atoms with Crippen LogP contribution in [-0.2, 0) is 19.2 Å². The predicted octanol–water partition coefficient (Wildman–Crippen LogP) is 2.63. The van der Waals surface area contributed by atoms with Crippen LogP contribution in [-0.4, -0.2) is 28.8 Å². The monoisotopic (exact) mass is 232 g/mol. The molecule has 6 heteroatoms. The van der Waals surface area contributed by atoms with Gasteiger partial charge in [0.15, 0.2) is 0 Å². The van der Waals surface area contributed by atoms with Gasteiger partial charge < -0.3 is 10.2 Å². The van der Waals surface area contributed by atoms with E-state index >= 15 is 0 Å². The fourth-order valence-electron chi connectivity index (χ4n) is 0.214. The molecular weight excluding hydrogens is 204 g/mol. The molecule has 0 spiro atoms. The molecule has 0 bridgehead atoms. The Kier molecular flexibility index (Phi) is 140. The zero-order valence-electron chi connectivity index (χ0n) is 6.52. The normalized spacial score (nSPS) is 4.60. The van der Waals surface area contributed by atoms with Gasteiger partial charge in [-0.25, -0.2) is 0 Å². The third-order valence-corrected chi connectivity index (χ3v) is 0.464. The smallest absolute Gasteiger partial charge is 0.373 e. The lowest BCUT2D eigenvalue weighted by Gasteiger charge is -1.79. The molecule has 0 aromatic heterocycles. The number of carboxylic acid groups (broad SMARTS) is 2. The van der Waals surface area contributed by atoms with Gasteiger partial charge in [0.05, 0.1) is 0 Å². The number of carbonyl (C=O) groups is 2. The van der Waals surface area contributed by atoms with E-state index in [2.05, 4.69) is 0 Å². The first-order chi connectivity index (χ1) is 5.60. The summed E-state index contributed by atoms with van der Waals surface area (Å²) in [5.74, 6) is -0.711. The summed E-state index contributed by atoms with van der Waals surface area (Å²) < 4.78 is 0. The highest BCUT2D eigenvalue weighted by atomic mass is 16.4. The quantitative estimate of drug-likeness (QED) is 0.708. The molecule has 0 aliphatic carbocycles. The largest absolute Gasteiger partial charge is 0.483 e. The molecule has 0 heterocycles. The minimum absolute atomic E-state index is 0. The van der Waals surface area contributed by atoms with Crippen molar-refractivity contribution in [3.05, 3.63) is 0 Å². The van der Waals surface area contributed by atoms with Gasteiger partial charge in [0.25, 0.3) is 6.47 Å². The molecule has 0 aromatic rings. The number of aliphatic carboxylic acids is 1. The van der Waals surface area contributed by atoms with E-state index in [1.807, 2.05) is 6.92 Å². The standard InChI is InChI=1S/C4H8O2.CH2O2.CO2.3CH4.3H2/c1-2-3-4(5)6;2*2-1-3;;;;;;/h2-3H2,1H3,(H,5,6);1H,(H,2,3);;3*1H4;3*1H. The maximum atomic E-state index is 9.60. The molecule has 0 aromatic carbocycles. The zero-order valence-corrected chi connectivity index (χ0v) is 6.52. The minimum atomic E-state index is -0.711. The average Bonchev–Trinajstić information content (AvgIpc) is 1.89. The van der Waals surface area contributed by atoms with Crippen LogP contribution in [0.15, 0.2) is 0 Å². The van der Waals surface area contributed by atoms with Crippen molar-refractivity contribution in [1.82, 2.24) is 0 Å². The Morgan fingerprint density at radius 3 is 1.53 bits per heavy atom. The van der Waals surface area contributed by atoms with Crippen molar-refractivity contribution in [3.8, 4) is 0 Å². The summed E-state index contributed by atoms with van der Waals surface area (Å²) in [6.07, 6.45) is 1.27. The van der Waals surface area contributed by atoms with Gasteiger partial charge in [-0.05, 0) is 6.42 Å². The van der Waals surface area contributed by atoms with Crippen molar-refractivity contribution in [1.29, 1.82) is 0 Å². The topological polar surface area (TPSA) is 109 Å². The lowest BCUT2D eigenvalue weighted by atomic mass is 10.4. The summed E-state index contributed by atoms with van der Waals surface area (Å²) in [6, 6.07) is 0. The summed E-state index contributed by atoms with van der Waals surface area (Å²) >= 11 is 0. The van der Waals surface area contributed by atoms with E-state index in [9.17, 15) is 4.79 Å². The van der Waals surface area contributed by atoms with Gasteiger partial charge in [-0.1, -0.05) is 29.2 Å². The van der Waals surface area contributed by atoms with Crippen molar-refractivity contribution < 1.29 is 33.7 Å². The Labute approximate surface area is 95.4 Å². The highest BCUT2D eigenvalue weighted by Gasteiger charge is 1.87. The van der Waals surface area contributed by atoms with Crippen molar-refractivity contribution in [2.75, 3.05) is 0 Å². The van der Waals surface area contributed by atoms with Crippen LogP contribution in [0, 0.1) is 0 Å². The average molecular weight is 232 g/mol. The van der Waals surface area contributed by atoms with Gasteiger partial charge in [-0.2, -0.15) is 9.59 Å². The molecule has 0 saturated heterocycles. The van der Waals surface area contributed by atoms with E-state index in [0.29, 0.717) is 6.42 Å². The van der Waals surface area contributed by atoms with Crippen molar-refractivity contribution >= 4 is 18.6 Å². The van der Waals surface area contributed by atoms with Crippen molar-refractivity contribution in [2.24, 2.45) is 0 Å². The molecule has 6 nitrogen and oxygen atoms in total. The Hall–Kier alpha value is -1.68. The molecule has 0 amide bonds. The highest BCUT2D eigenvalue weighted by Crippen LogP contribution is 1.82. The molecule has 100 valence electrons. The molecule has 0 aliphatic rings. The van der Waals surface area contributed by atoms with Gasteiger partial charge in [0.1, 0.15) is 0 Å². The van der Waals surface area contributed by atoms with Crippen LogP contribution >= 0.6 is 0 Å². The number of hydrogen-bond acceptors (Lipinski definition) is 4. The molecule has 0 fully saturated rings. The van der Waals surface area contributed by atoms with Crippen LogP contribution in [0.2, 0.25) is 0 Å². The Morgan fingerprint density at radius 1 is 1.33 bits per heavy atom. The van der Waals surface area contributed by atoms with Gasteiger partial charge >= 0.3 is 12.1 Å². The molecule has 2 N–H and O–H groups in total. The van der Waals surface area contributed by atoms with E-state index in [1.165, 1.54) is 0 Å². The van der Waals surface area contributed by atoms with Crippen molar-refractivity contribution in [2.45, 2.75) is 42.0 Å². The molecule has 0 unspecified atom stereocenters. The van der Waals surface area contributed by atoms with E-state index in [4.69, 9.17) is 24.6 Å². The number of rotatable bonds is 2. The third-order valence-electron chi connectivity index (χ3n) is 0.464. The lowest BCUT2D eigenvalue weighted by Crippen LogP contribution is -1.90. The molecule has 15 heavy (non-hydrogen) atoms. The molecule has 0 rings (SSSR count). The molecule has 0 radical (unpaired) electrons. The number of carbonyl (C=O) groups excluding carboxylic acids is 2. The first-order valence-corrected chi connectivity index (χ1v) is 2.89. The second-order valence-corrected chi connectivity index (χ2v) is 1.33. The molecule has 0 aliphatic heterocycles. The van der Waals surface area contributed by atoms with E-state index in [-0.39, 0.29) is 39.2 Å². The van der Waals surface area contributed by atoms with Crippen LogP contribution in [0.1, 0.15) is 46.3 Å². The summed E-state index contributed by atoms with van der Waals surface area (Å²) in [6.45, 7) is 1.59. The molecule has 0 atom stereocenters.